The van der Waals surface area contributed by atoms with Gasteiger partial charge in [-0.25, -0.2) is 0 Å². The maximum Gasteiger partial charge on any atom is 0.275 e. The van der Waals surface area contributed by atoms with Gasteiger partial charge in [0.25, 0.3) is 5.69 Å². The van der Waals surface area contributed by atoms with Gasteiger partial charge in [0.15, 0.2) is 0 Å². The third-order valence-electron chi connectivity index (χ3n) is 3.68. The van der Waals surface area contributed by atoms with Crippen LogP contribution < -0.4 is 10.1 Å². The molecule has 5 heteroatoms. The van der Waals surface area contributed by atoms with Crippen LogP contribution in [-0.2, 0) is 0 Å². The number of non-ortho nitro benzene ring substituents is 1. The van der Waals surface area contributed by atoms with Crippen molar-refractivity contribution in [1.82, 2.24) is 0 Å². The molecular formula is C14H20N2O3. The molecule has 1 unspecified atom stereocenters. The molecule has 0 spiro atoms. The Morgan fingerprint density at radius 2 is 2.16 bits per heavy atom. The van der Waals surface area contributed by atoms with Crippen molar-refractivity contribution in [2.45, 2.75) is 39.2 Å². The molecule has 1 atom stereocenters. The number of nitrogens with one attached hydrogen (secondary N) is 1. The number of methoxy groups -OCH3 is 1. The normalized spacial score (nSPS) is 21.1. The van der Waals surface area contributed by atoms with E-state index in [1.54, 1.807) is 12.1 Å². The summed E-state index contributed by atoms with van der Waals surface area (Å²) in [5, 5.41) is 14.3. The molecular weight excluding hydrogens is 244 g/mol. The van der Waals surface area contributed by atoms with Crippen LogP contribution in [0.3, 0.4) is 0 Å². The van der Waals surface area contributed by atoms with Gasteiger partial charge in [0.05, 0.1) is 18.1 Å². The summed E-state index contributed by atoms with van der Waals surface area (Å²) in [7, 11) is 1.52. The lowest BCUT2D eigenvalue weighted by atomic mass is 9.92. The molecule has 1 saturated carbocycles. The second-order valence-corrected chi connectivity index (χ2v) is 5.93. The highest BCUT2D eigenvalue weighted by molar-refractivity contribution is 5.56. The summed E-state index contributed by atoms with van der Waals surface area (Å²) in [5.74, 6) is 0.508. The second kappa shape index (κ2) is 5.07. The van der Waals surface area contributed by atoms with Gasteiger partial charge in [-0.3, -0.25) is 10.1 Å². The second-order valence-electron chi connectivity index (χ2n) is 5.93. The fourth-order valence-electron chi connectivity index (χ4n) is 2.68. The summed E-state index contributed by atoms with van der Waals surface area (Å²) >= 11 is 0. The van der Waals surface area contributed by atoms with E-state index in [1.165, 1.54) is 19.6 Å². The van der Waals surface area contributed by atoms with Crippen LogP contribution in [0.1, 0.15) is 33.1 Å². The molecule has 1 aromatic rings. The predicted octanol–water partition coefficient (Wildman–Crippen LogP) is 3.59. The SMILES string of the molecule is COc1cc(NC2CCC(C)(C)C2)cc([N+](=O)[O-])c1. The third-order valence-corrected chi connectivity index (χ3v) is 3.68. The highest BCUT2D eigenvalue weighted by Crippen LogP contribution is 2.39. The summed E-state index contributed by atoms with van der Waals surface area (Å²) in [6.45, 7) is 4.51. The lowest BCUT2D eigenvalue weighted by Crippen LogP contribution is -2.17. The van der Waals surface area contributed by atoms with Crippen LogP contribution in [0.15, 0.2) is 18.2 Å². The first-order valence-electron chi connectivity index (χ1n) is 6.50. The molecule has 19 heavy (non-hydrogen) atoms. The molecule has 1 aliphatic rings. The van der Waals surface area contributed by atoms with Crippen molar-refractivity contribution in [2.75, 3.05) is 12.4 Å². The topological polar surface area (TPSA) is 64.4 Å². The molecule has 1 aliphatic carbocycles. The Kier molecular flexibility index (Phi) is 3.64. The molecule has 104 valence electrons. The van der Waals surface area contributed by atoms with E-state index in [0.29, 0.717) is 17.2 Å². The first kappa shape index (κ1) is 13.6. The lowest BCUT2D eigenvalue weighted by molar-refractivity contribution is -0.384. The van der Waals surface area contributed by atoms with Crippen molar-refractivity contribution in [3.05, 3.63) is 28.3 Å². The number of nitro groups is 1. The van der Waals surface area contributed by atoms with E-state index in [-0.39, 0.29) is 5.69 Å². The maximum atomic E-state index is 10.9. The first-order valence-corrected chi connectivity index (χ1v) is 6.50. The molecule has 0 saturated heterocycles. The van der Waals surface area contributed by atoms with Crippen molar-refractivity contribution in [1.29, 1.82) is 0 Å². The Morgan fingerprint density at radius 3 is 2.68 bits per heavy atom. The number of ether oxygens (including phenoxy) is 1. The zero-order valence-electron chi connectivity index (χ0n) is 11.6. The number of hydrogen-bond donors (Lipinski definition) is 1. The van der Waals surface area contributed by atoms with Crippen molar-refractivity contribution < 1.29 is 9.66 Å². The van der Waals surface area contributed by atoms with E-state index in [0.717, 1.165) is 18.5 Å². The van der Waals surface area contributed by atoms with Crippen LogP contribution in [0.5, 0.6) is 5.75 Å². The van der Waals surface area contributed by atoms with Crippen molar-refractivity contribution in [3.8, 4) is 5.75 Å². The Bertz CT molecular complexity index is 486. The van der Waals surface area contributed by atoms with Gasteiger partial charge >= 0.3 is 0 Å². The number of anilines is 1. The monoisotopic (exact) mass is 264 g/mol. The number of benzene rings is 1. The van der Waals surface area contributed by atoms with Gasteiger partial charge in [-0.15, -0.1) is 0 Å². The van der Waals surface area contributed by atoms with Gasteiger partial charge in [0.2, 0.25) is 0 Å². The molecule has 0 aromatic heterocycles. The van der Waals surface area contributed by atoms with Crippen LogP contribution in [-0.4, -0.2) is 18.1 Å². The number of rotatable bonds is 4. The molecule has 1 fully saturated rings. The Morgan fingerprint density at radius 1 is 1.42 bits per heavy atom. The van der Waals surface area contributed by atoms with Gasteiger partial charge in [-0.1, -0.05) is 13.8 Å². The average molecular weight is 264 g/mol. The third kappa shape index (κ3) is 3.36. The summed E-state index contributed by atoms with van der Waals surface area (Å²) in [6, 6.07) is 5.18. The zero-order valence-corrected chi connectivity index (χ0v) is 11.6. The average Bonchev–Trinajstić information content (AvgIpc) is 2.68. The number of hydrogen-bond acceptors (Lipinski definition) is 4. The van der Waals surface area contributed by atoms with Crippen LogP contribution in [0.4, 0.5) is 11.4 Å². The van der Waals surface area contributed by atoms with Crippen LogP contribution >= 0.6 is 0 Å². The van der Waals surface area contributed by atoms with E-state index < -0.39 is 4.92 Å². The number of nitrogens with zero attached hydrogens (tertiary/aromatic N) is 1. The van der Waals surface area contributed by atoms with Gasteiger partial charge in [-0.05, 0) is 24.7 Å². The van der Waals surface area contributed by atoms with E-state index in [9.17, 15) is 10.1 Å². The Labute approximate surface area is 113 Å². The van der Waals surface area contributed by atoms with Gasteiger partial charge in [-0.2, -0.15) is 0 Å². The standard InChI is InChI=1S/C14H20N2O3/c1-14(2)5-4-10(9-14)15-11-6-12(16(17)18)8-13(7-11)19-3/h6-8,10,15H,4-5,9H2,1-3H3. The van der Waals surface area contributed by atoms with E-state index in [4.69, 9.17) is 4.74 Å². The molecule has 5 nitrogen and oxygen atoms in total. The molecule has 0 bridgehead atoms. The Hall–Kier alpha value is -1.78. The minimum Gasteiger partial charge on any atom is -0.496 e. The fourth-order valence-corrected chi connectivity index (χ4v) is 2.68. The van der Waals surface area contributed by atoms with Crippen LogP contribution in [0.2, 0.25) is 0 Å². The summed E-state index contributed by atoms with van der Waals surface area (Å²) < 4.78 is 5.11. The molecule has 0 aliphatic heterocycles. The molecule has 1 aromatic carbocycles. The quantitative estimate of drug-likeness (QED) is 0.666. The van der Waals surface area contributed by atoms with Gasteiger partial charge in [0.1, 0.15) is 5.75 Å². The van der Waals surface area contributed by atoms with Crippen molar-refractivity contribution in [2.24, 2.45) is 5.41 Å². The van der Waals surface area contributed by atoms with Crippen LogP contribution in [0, 0.1) is 15.5 Å². The summed E-state index contributed by atoms with van der Waals surface area (Å²) in [4.78, 5) is 10.5. The van der Waals surface area contributed by atoms with E-state index in [2.05, 4.69) is 19.2 Å². The van der Waals surface area contributed by atoms with Gasteiger partial charge in [0, 0.05) is 23.9 Å². The molecule has 0 amide bonds. The molecule has 2 rings (SSSR count). The highest BCUT2D eigenvalue weighted by Gasteiger charge is 2.30. The highest BCUT2D eigenvalue weighted by atomic mass is 16.6. The minimum atomic E-state index is -0.397. The smallest absolute Gasteiger partial charge is 0.275 e. The summed E-state index contributed by atoms with van der Waals surface area (Å²) in [6.07, 6.45) is 3.35. The maximum absolute atomic E-state index is 10.9. The van der Waals surface area contributed by atoms with E-state index >= 15 is 0 Å². The lowest BCUT2D eigenvalue weighted by Gasteiger charge is -2.18. The van der Waals surface area contributed by atoms with E-state index in [1.807, 2.05) is 0 Å². The largest absolute Gasteiger partial charge is 0.496 e. The van der Waals surface area contributed by atoms with Crippen molar-refractivity contribution in [3.63, 3.8) is 0 Å². The number of nitro benzene ring substituents is 1. The van der Waals surface area contributed by atoms with Gasteiger partial charge < -0.3 is 10.1 Å². The molecule has 1 N–H and O–H groups in total. The van der Waals surface area contributed by atoms with Crippen LogP contribution in [0.25, 0.3) is 0 Å². The Balaban J connectivity index is 2.16. The fraction of sp³-hybridized carbons (Fsp3) is 0.571. The molecule has 0 radical (unpaired) electrons. The minimum absolute atomic E-state index is 0.0547. The zero-order chi connectivity index (χ0) is 14.0. The van der Waals surface area contributed by atoms with Crippen molar-refractivity contribution >= 4 is 11.4 Å². The predicted molar refractivity (Wildman–Crippen MR) is 74.7 cm³/mol. The molecule has 0 heterocycles. The summed E-state index contributed by atoms with van der Waals surface area (Å²) in [5.41, 5.74) is 1.16. The first-order chi connectivity index (χ1) is 8.89.